The molecule has 3 fully saturated rings. The third-order valence-electron chi connectivity index (χ3n) is 8.34. The van der Waals surface area contributed by atoms with Gasteiger partial charge in [0.05, 0.1) is 12.7 Å². The molecule has 3 aromatic rings. The van der Waals surface area contributed by atoms with Crippen LogP contribution in [0.3, 0.4) is 0 Å². The second-order valence-electron chi connectivity index (χ2n) is 11.0. The van der Waals surface area contributed by atoms with Gasteiger partial charge in [0.15, 0.2) is 17.0 Å². The number of carbonyl (C=O) groups excluding carboxylic acids is 1. The van der Waals surface area contributed by atoms with Gasteiger partial charge in [-0.3, -0.25) is 4.79 Å². The van der Waals surface area contributed by atoms with E-state index >= 15 is 0 Å². The minimum absolute atomic E-state index is 0.222. The molecule has 3 aliphatic rings. The van der Waals surface area contributed by atoms with E-state index in [2.05, 4.69) is 15.2 Å². The van der Waals surface area contributed by atoms with Crippen molar-refractivity contribution in [3.8, 4) is 0 Å². The van der Waals surface area contributed by atoms with E-state index in [1.807, 2.05) is 28.7 Å². The fourth-order valence-corrected chi connectivity index (χ4v) is 6.81. The summed E-state index contributed by atoms with van der Waals surface area (Å²) in [5.74, 6) is 1.71. The molecule has 3 aromatic heterocycles. The van der Waals surface area contributed by atoms with Gasteiger partial charge in [0.25, 0.3) is 0 Å². The van der Waals surface area contributed by atoms with Crippen molar-refractivity contribution in [3.63, 3.8) is 0 Å². The van der Waals surface area contributed by atoms with E-state index in [1.165, 1.54) is 25.7 Å². The first kappa shape index (κ1) is 24.6. The minimum atomic E-state index is 0.222. The number of anilines is 2. The number of imidazole rings is 1. The van der Waals surface area contributed by atoms with Crippen molar-refractivity contribution in [1.82, 2.24) is 24.4 Å². The quantitative estimate of drug-likeness (QED) is 0.423. The van der Waals surface area contributed by atoms with Crippen molar-refractivity contribution in [2.45, 2.75) is 94.8 Å². The Kier molecular flexibility index (Phi) is 7.28. The maximum absolute atomic E-state index is 12.8. The van der Waals surface area contributed by atoms with Crippen molar-refractivity contribution < 1.29 is 4.79 Å². The number of thiophene rings is 1. The number of nitrogens with zero attached hydrogens (tertiary/aromatic N) is 5. The summed E-state index contributed by atoms with van der Waals surface area (Å²) in [5.41, 5.74) is 7.89. The molecule has 37 heavy (non-hydrogen) atoms. The molecule has 1 saturated heterocycles. The number of aromatic nitrogens is 4. The minimum Gasteiger partial charge on any atom is -0.365 e. The largest absolute Gasteiger partial charge is 0.365 e. The Hall–Kier alpha value is -2.72. The Labute approximate surface area is 222 Å². The molecule has 0 atom stereocenters. The van der Waals surface area contributed by atoms with Gasteiger partial charge in [0.1, 0.15) is 0 Å². The number of hydrogen-bond acceptors (Lipinski definition) is 8. The van der Waals surface area contributed by atoms with Gasteiger partial charge in [-0.05, 0) is 62.8 Å². The third kappa shape index (κ3) is 5.60. The Balaban J connectivity index is 1.18. The topological polar surface area (TPSA) is 114 Å². The van der Waals surface area contributed by atoms with Gasteiger partial charge in [-0.2, -0.15) is 9.97 Å². The molecule has 0 aromatic carbocycles. The number of hydrogen-bond donors (Lipinski definition) is 3. The smallest absolute Gasteiger partial charge is 0.227 e. The first-order valence-electron chi connectivity index (χ1n) is 14.0. The van der Waals surface area contributed by atoms with Crippen LogP contribution < -0.4 is 16.4 Å². The van der Waals surface area contributed by atoms with E-state index < -0.39 is 0 Å². The van der Waals surface area contributed by atoms with Crippen LogP contribution in [0.1, 0.15) is 75.1 Å². The van der Waals surface area contributed by atoms with Crippen molar-refractivity contribution >= 4 is 40.2 Å². The zero-order valence-electron chi connectivity index (χ0n) is 21.4. The summed E-state index contributed by atoms with van der Waals surface area (Å²) in [6.45, 7) is 1.53. The lowest BCUT2D eigenvalue weighted by atomic mass is 9.92. The van der Waals surface area contributed by atoms with Crippen LogP contribution in [0.2, 0.25) is 0 Å². The normalized spacial score (nSPS) is 23.5. The number of nitrogens with two attached hydrogens (primary N) is 1. The van der Waals surface area contributed by atoms with Crippen LogP contribution in [0, 0.1) is 0 Å². The van der Waals surface area contributed by atoms with Crippen LogP contribution in [0.25, 0.3) is 11.2 Å². The zero-order chi connectivity index (χ0) is 25.2. The molecular formula is C27H38N8OS. The maximum Gasteiger partial charge on any atom is 0.227 e. The molecule has 1 amide bonds. The number of rotatable bonds is 7. The van der Waals surface area contributed by atoms with Crippen molar-refractivity contribution in [2.24, 2.45) is 5.73 Å². The summed E-state index contributed by atoms with van der Waals surface area (Å²) in [6.07, 6.45) is 13.3. The molecule has 9 nitrogen and oxygen atoms in total. The number of fused-ring (bicyclic) bond motifs is 1. The lowest BCUT2D eigenvalue weighted by Gasteiger charge is -2.33. The average Bonchev–Trinajstić information content (AvgIpc) is 3.68. The summed E-state index contributed by atoms with van der Waals surface area (Å²) in [4.78, 5) is 30.6. The Morgan fingerprint density at radius 2 is 1.76 bits per heavy atom. The summed E-state index contributed by atoms with van der Waals surface area (Å²) < 4.78 is 2.27. The number of amides is 1. The van der Waals surface area contributed by atoms with E-state index in [0.717, 1.165) is 73.5 Å². The van der Waals surface area contributed by atoms with Gasteiger partial charge in [0.2, 0.25) is 11.9 Å². The van der Waals surface area contributed by atoms with Gasteiger partial charge < -0.3 is 25.8 Å². The zero-order valence-corrected chi connectivity index (χ0v) is 22.3. The highest BCUT2D eigenvalue weighted by molar-refractivity contribution is 7.10. The molecule has 4 heterocycles. The predicted molar refractivity (Wildman–Crippen MR) is 148 cm³/mol. The highest BCUT2D eigenvalue weighted by Gasteiger charge is 2.27. The Morgan fingerprint density at radius 3 is 2.49 bits per heavy atom. The molecule has 10 heteroatoms. The van der Waals surface area contributed by atoms with Crippen LogP contribution >= 0.6 is 11.3 Å². The van der Waals surface area contributed by atoms with Gasteiger partial charge in [-0.1, -0.05) is 18.9 Å². The van der Waals surface area contributed by atoms with Crippen LogP contribution in [0.15, 0.2) is 23.8 Å². The molecule has 0 spiro atoms. The van der Waals surface area contributed by atoms with Gasteiger partial charge >= 0.3 is 0 Å². The summed E-state index contributed by atoms with van der Waals surface area (Å²) in [7, 11) is 0. The first-order valence-corrected chi connectivity index (χ1v) is 14.8. The van der Waals surface area contributed by atoms with E-state index in [1.54, 1.807) is 11.3 Å². The molecule has 6 rings (SSSR count). The molecule has 0 radical (unpaired) electrons. The first-order chi connectivity index (χ1) is 18.1. The highest BCUT2D eigenvalue weighted by Crippen LogP contribution is 2.34. The van der Waals surface area contributed by atoms with Gasteiger partial charge in [0, 0.05) is 42.1 Å². The van der Waals surface area contributed by atoms with Crippen molar-refractivity contribution in [3.05, 3.63) is 28.7 Å². The molecule has 0 bridgehead atoms. The summed E-state index contributed by atoms with van der Waals surface area (Å²) >= 11 is 1.65. The van der Waals surface area contributed by atoms with Gasteiger partial charge in [-0.15, -0.1) is 11.3 Å². The van der Waals surface area contributed by atoms with Gasteiger partial charge in [-0.25, -0.2) is 4.98 Å². The van der Waals surface area contributed by atoms with E-state index in [4.69, 9.17) is 20.7 Å². The fourth-order valence-electron chi connectivity index (χ4n) is 6.12. The lowest BCUT2D eigenvalue weighted by molar-refractivity contribution is -0.131. The van der Waals surface area contributed by atoms with E-state index in [9.17, 15) is 4.79 Å². The third-order valence-corrected chi connectivity index (χ3v) is 9.22. The monoisotopic (exact) mass is 522 g/mol. The number of nitrogens with one attached hydrogen (secondary N) is 2. The number of piperidine rings is 1. The maximum atomic E-state index is 12.8. The van der Waals surface area contributed by atoms with Crippen LogP contribution in [0.5, 0.6) is 0 Å². The average molecular weight is 523 g/mol. The molecule has 198 valence electrons. The number of carbonyl (C=O) groups is 1. The fraction of sp³-hybridized carbons (Fsp3) is 0.630. The molecule has 0 unspecified atom stereocenters. The Morgan fingerprint density at radius 1 is 1.00 bits per heavy atom. The summed E-state index contributed by atoms with van der Waals surface area (Å²) in [6, 6.07) is 5.42. The molecular weight excluding hydrogens is 484 g/mol. The SMILES string of the molecule is NC1CCC(Nc2nc(NC3CCN(C(=O)Cc4cccs4)CC3)c3ncn(C4CCCC4)c3n2)CC1. The Bertz CT molecular complexity index is 1190. The highest BCUT2D eigenvalue weighted by atomic mass is 32.1. The van der Waals surface area contributed by atoms with Crippen LogP contribution in [0.4, 0.5) is 11.8 Å². The van der Waals surface area contributed by atoms with Crippen LogP contribution in [-0.2, 0) is 11.2 Å². The summed E-state index contributed by atoms with van der Waals surface area (Å²) in [5, 5.41) is 9.33. The molecule has 2 saturated carbocycles. The van der Waals surface area contributed by atoms with Crippen molar-refractivity contribution in [2.75, 3.05) is 23.7 Å². The number of likely N-dealkylation sites (tertiary alicyclic amines) is 1. The van der Waals surface area contributed by atoms with Crippen molar-refractivity contribution in [1.29, 1.82) is 0 Å². The molecule has 1 aliphatic heterocycles. The predicted octanol–water partition coefficient (Wildman–Crippen LogP) is 4.33. The molecule has 4 N–H and O–H groups in total. The van der Waals surface area contributed by atoms with E-state index in [0.29, 0.717) is 30.5 Å². The van der Waals surface area contributed by atoms with E-state index in [-0.39, 0.29) is 11.9 Å². The second-order valence-corrected chi connectivity index (χ2v) is 12.0. The molecule has 2 aliphatic carbocycles. The standard InChI is InChI=1S/C27H38N8OS/c28-18-7-9-19(10-8-18)31-27-32-25(24-26(33-27)35(17-29-24)21-4-1-2-5-21)30-20-11-13-34(14-12-20)23(36)16-22-6-3-15-37-22/h3,6,15,17-21H,1-2,4-5,7-14,16,28H2,(H2,30,31,32,33). The second kappa shape index (κ2) is 10.9. The lowest BCUT2D eigenvalue weighted by Crippen LogP contribution is -2.43. The van der Waals surface area contributed by atoms with Crippen LogP contribution in [-0.4, -0.2) is 61.5 Å².